The molecule has 1 aliphatic rings. The molecule has 146 valence electrons. The van der Waals surface area contributed by atoms with Gasteiger partial charge in [-0.25, -0.2) is 4.98 Å². The minimum Gasteiger partial charge on any atom is -0.354 e. The number of carbonyl (C=O) groups is 2. The zero-order chi connectivity index (χ0) is 19.4. The van der Waals surface area contributed by atoms with E-state index in [-0.39, 0.29) is 42.9 Å². The topological polar surface area (TPSA) is 93.1 Å². The van der Waals surface area contributed by atoms with Gasteiger partial charge in [0.05, 0.1) is 11.7 Å². The first-order chi connectivity index (χ1) is 13.0. The fourth-order valence-corrected chi connectivity index (χ4v) is 4.49. The second-order valence-electron chi connectivity index (χ2n) is 7.05. The summed E-state index contributed by atoms with van der Waals surface area (Å²) in [6, 6.07) is 0.126. The van der Waals surface area contributed by atoms with Gasteiger partial charge in [-0.15, -0.1) is 11.3 Å². The molecule has 0 fully saturated rings. The molecule has 8 heteroatoms. The van der Waals surface area contributed by atoms with Gasteiger partial charge in [-0.3, -0.25) is 19.0 Å². The molecular formula is C19H26N4O3S. The van der Waals surface area contributed by atoms with E-state index in [0.29, 0.717) is 5.39 Å². The van der Waals surface area contributed by atoms with Crippen molar-refractivity contribution in [3.8, 4) is 0 Å². The van der Waals surface area contributed by atoms with Gasteiger partial charge in [0.1, 0.15) is 11.4 Å². The molecule has 7 nitrogen and oxygen atoms in total. The Labute approximate surface area is 162 Å². The summed E-state index contributed by atoms with van der Waals surface area (Å²) in [5.41, 5.74) is 0.972. The van der Waals surface area contributed by atoms with Crippen molar-refractivity contribution in [1.82, 2.24) is 20.2 Å². The standard InChI is InChI=1S/C19H26N4O3S/c1-3-12(2)22-15(24)8-9-20-16(25)10-23-11-21-18-17(19(23)26)13-6-4-5-7-14(13)27-18/h11-12H,3-10H2,1-2H3,(H,20,25)(H,22,24). The first-order valence-corrected chi connectivity index (χ1v) is 10.4. The third-order valence-corrected chi connectivity index (χ3v) is 6.15. The van der Waals surface area contributed by atoms with Gasteiger partial charge < -0.3 is 10.6 Å². The van der Waals surface area contributed by atoms with Crippen LogP contribution in [0.4, 0.5) is 0 Å². The molecule has 0 saturated heterocycles. The van der Waals surface area contributed by atoms with E-state index in [1.165, 1.54) is 15.8 Å². The lowest BCUT2D eigenvalue weighted by atomic mass is 9.97. The molecule has 2 N–H and O–H groups in total. The lowest BCUT2D eigenvalue weighted by Gasteiger charge is -2.12. The summed E-state index contributed by atoms with van der Waals surface area (Å²) in [5, 5.41) is 6.23. The van der Waals surface area contributed by atoms with Crippen molar-refractivity contribution in [2.75, 3.05) is 6.54 Å². The molecule has 2 aromatic rings. The Kier molecular flexibility index (Phi) is 6.26. The highest BCUT2D eigenvalue weighted by Gasteiger charge is 2.20. The summed E-state index contributed by atoms with van der Waals surface area (Å²) in [7, 11) is 0. The fourth-order valence-electron chi connectivity index (χ4n) is 3.27. The lowest BCUT2D eigenvalue weighted by Crippen LogP contribution is -2.37. The second kappa shape index (κ2) is 8.65. The minimum atomic E-state index is -0.293. The van der Waals surface area contributed by atoms with E-state index in [1.807, 2.05) is 13.8 Å². The number of hydrogen-bond acceptors (Lipinski definition) is 5. The van der Waals surface area contributed by atoms with E-state index in [4.69, 9.17) is 0 Å². The average Bonchev–Trinajstić information content (AvgIpc) is 3.03. The molecule has 2 aromatic heterocycles. The van der Waals surface area contributed by atoms with Crippen LogP contribution in [0.1, 0.15) is 50.0 Å². The summed E-state index contributed by atoms with van der Waals surface area (Å²) in [6.07, 6.45) is 6.70. The molecule has 0 bridgehead atoms. The third-order valence-electron chi connectivity index (χ3n) is 4.95. The van der Waals surface area contributed by atoms with Crippen molar-refractivity contribution in [3.05, 3.63) is 27.1 Å². The fraction of sp³-hybridized carbons (Fsp3) is 0.579. The number of nitrogens with one attached hydrogen (secondary N) is 2. The highest BCUT2D eigenvalue weighted by molar-refractivity contribution is 7.18. The SMILES string of the molecule is CCC(C)NC(=O)CCNC(=O)Cn1cnc2sc3c(c2c1=O)CCCC3. The van der Waals surface area contributed by atoms with Gasteiger partial charge in [0.15, 0.2) is 0 Å². The Morgan fingerprint density at radius 3 is 2.85 bits per heavy atom. The smallest absolute Gasteiger partial charge is 0.262 e. The number of carbonyl (C=O) groups excluding carboxylic acids is 2. The van der Waals surface area contributed by atoms with Gasteiger partial charge in [0, 0.05) is 23.9 Å². The van der Waals surface area contributed by atoms with Crippen LogP contribution in [0.5, 0.6) is 0 Å². The van der Waals surface area contributed by atoms with Gasteiger partial charge in [0.25, 0.3) is 5.56 Å². The zero-order valence-corrected chi connectivity index (χ0v) is 16.7. The van der Waals surface area contributed by atoms with E-state index in [2.05, 4.69) is 15.6 Å². The van der Waals surface area contributed by atoms with Crippen LogP contribution in [0.15, 0.2) is 11.1 Å². The Morgan fingerprint density at radius 1 is 1.30 bits per heavy atom. The van der Waals surface area contributed by atoms with Crippen LogP contribution in [-0.2, 0) is 29.0 Å². The van der Waals surface area contributed by atoms with Crippen LogP contribution in [0.3, 0.4) is 0 Å². The zero-order valence-electron chi connectivity index (χ0n) is 15.8. The number of amides is 2. The molecule has 1 atom stereocenters. The summed E-state index contributed by atoms with van der Waals surface area (Å²) >= 11 is 1.60. The predicted octanol–water partition coefficient (Wildman–Crippen LogP) is 1.76. The quantitative estimate of drug-likeness (QED) is 0.753. The van der Waals surface area contributed by atoms with Crippen molar-refractivity contribution in [1.29, 1.82) is 0 Å². The molecule has 2 amide bonds. The molecule has 1 aliphatic carbocycles. The molecule has 3 rings (SSSR count). The largest absolute Gasteiger partial charge is 0.354 e. The van der Waals surface area contributed by atoms with Crippen molar-refractivity contribution in [3.63, 3.8) is 0 Å². The van der Waals surface area contributed by atoms with E-state index in [9.17, 15) is 14.4 Å². The summed E-state index contributed by atoms with van der Waals surface area (Å²) in [5.74, 6) is -0.381. The maximum Gasteiger partial charge on any atom is 0.262 e. The molecule has 0 spiro atoms. The molecule has 0 saturated carbocycles. The molecule has 2 heterocycles. The van der Waals surface area contributed by atoms with Crippen LogP contribution in [-0.4, -0.2) is 34.0 Å². The second-order valence-corrected chi connectivity index (χ2v) is 8.13. The Morgan fingerprint density at radius 2 is 2.07 bits per heavy atom. The molecule has 27 heavy (non-hydrogen) atoms. The summed E-state index contributed by atoms with van der Waals surface area (Å²) < 4.78 is 1.36. The van der Waals surface area contributed by atoms with E-state index < -0.39 is 0 Å². The van der Waals surface area contributed by atoms with Crippen LogP contribution in [0.2, 0.25) is 0 Å². The highest BCUT2D eigenvalue weighted by Crippen LogP contribution is 2.33. The van der Waals surface area contributed by atoms with Crippen molar-refractivity contribution in [2.24, 2.45) is 0 Å². The van der Waals surface area contributed by atoms with Gasteiger partial charge in [0.2, 0.25) is 11.8 Å². The number of nitrogens with zero attached hydrogens (tertiary/aromatic N) is 2. The number of rotatable bonds is 7. The number of hydrogen-bond donors (Lipinski definition) is 2. The first-order valence-electron chi connectivity index (χ1n) is 9.55. The lowest BCUT2D eigenvalue weighted by molar-refractivity contribution is -0.123. The Bertz CT molecular complexity index is 902. The highest BCUT2D eigenvalue weighted by atomic mass is 32.1. The molecule has 0 aromatic carbocycles. The average molecular weight is 391 g/mol. The first kappa shape index (κ1) is 19.5. The van der Waals surface area contributed by atoms with Gasteiger partial charge in [-0.1, -0.05) is 6.92 Å². The van der Waals surface area contributed by atoms with E-state index in [0.717, 1.165) is 42.5 Å². The van der Waals surface area contributed by atoms with Gasteiger partial charge in [-0.05, 0) is 44.6 Å². The van der Waals surface area contributed by atoms with Crippen LogP contribution >= 0.6 is 11.3 Å². The summed E-state index contributed by atoms with van der Waals surface area (Å²) in [4.78, 5) is 43.1. The van der Waals surface area contributed by atoms with Crippen molar-refractivity contribution >= 4 is 33.4 Å². The molecule has 1 unspecified atom stereocenters. The number of thiophene rings is 1. The monoisotopic (exact) mass is 390 g/mol. The Hall–Kier alpha value is -2.22. The normalized spacial score (nSPS) is 14.6. The molecule has 0 radical (unpaired) electrons. The molecular weight excluding hydrogens is 364 g/mol. The van der Waals surface area contributed by atoms with Crippen LogP contribution in [0, 0.1) is 0 Å². The molecule has 0 aliphatic heterocycles. The van der Waals surface area contributed by atoms with Crippen molar-refractivity contribution in [2.45, 2.75) is 65.0 Å². The van der Waals surface area contributed by atoms with Crippen molar-refractivity contribution < 1.29 is 9.59 Å². The van der Waals surface area contributed by atoms with Crippen LogP contribution in [0.25, 0.3) is 10.2 Å². The maximum absolute atomic E-state index is 12.8. The predicted molar refractivity (Wildman–Crippen MR) is 106 cm³/mol. The minimum absolute atomic E-state index is 0.0840. The van der Waals surface area contributed by atoms with E-state index in [1.54, 1.807) is 11.3 Å². The number of aryl methyl sites for hydroxylation is 2. The summed E-state index contributed by atoms with van der Waals surface area (Å²) in [6.45, 7) is 4.11. The van der Waals surface area contributed by atoms with E-state index >= 15 is 0 Å². The Balaban J connectivity index is 1.61. The maximum atomic E-state index is 12.8. The van der Waals surface area contributed by atoms with Gasteiger partial charge in [-0.2, -0.15) is 0 Å². The van der Waals surface area contributed by atoms with Gasteiger partial charge >= 0.3 is 0 Å². The number of fused-ring (bicyclic) bond motifs is 3. The third kappa shape index (κ3) is 4.55. The number of aromatic nitrogens is 2. The van der Waals surface area contributed by atoms with Crippen LogP contribution < -0.4 is 16.2 Å².